The maximum Gasteiger partial charge on any atom is 0.0443 e. The van der Waals surface area contributed by atoms with E-state index >= 15 is 0 Å². The molecule has 17 heavy (non-hydrogen) atoms. The summed E-state index contributed by atoms with van der Waals surface area (Å²) in [5.74, 6) is 0. The molecule has 2 rings (SSSR count). The van der Waals surface area contributed by atoms with Crippen molar-refractivity contribution in [3.05, 3.63) is 30.3 Å². The van der Waals surface area contributed by atoms with Crippen molar-refractivity contribution >= 4 is 5.69 Å². The molecule has 1 aromatic rings. The van der Waals surface area contributed by atoms with Gasteiger partial charge in [0.1, 0.15) is 0 Å². The van der Waals surface area contributed by atoms with E-state index in [2.05, 4.69) is 40.5 Å². The first-order chi connectivity index (χ1) is 8.40. The van der Waals surface area contributed by atoms with Crippen molar-refractivity contribution in [3.8, 4) is 0 Å². The molecule has 1 aliphatic heterocycles. The smallest absolute Gasteiger partial charge is 0.0443 e. The van der Waals surface area contributed by atoms with Crippen LogP contribution >= 0.6 is 0 Å². The highest BCUT2D eigenvalue weighted by atomic mass is 16.3. The minimum Gasteiger partial charge on any atom is -0.396 e. The zero-order valence-corrected chi connectivity index (χ0v) is 10.3. The van der Waals surface area contributed by atoms with Crippen LogP contribution in [0.1, 0.15) is 19.3 Å². The van der Waals surface area contributed by atoms with E-state index < -0.39 is 0 Å². The minimum atomic E-state index is 0.288. The van der Waals surface area contributed by atoms with Crippen LogP contribution in [0.3, 0.4) is 0 Å². The Balaban J connectivity index is 1.74. The Labute approximate surface area is 103 Å². The van der Waals surface area contributed by atoms with Crippen molar-refractivity contribution in [3.63, 3.8) is 0 Å². The predicted molar refractivity (Wildman–Crippen MR) is 71.4 cm³/mol. The Bertz CT molecular complexity index is 307. The fourth-order valence-electron chi connectivity index (χ4n) is 2.37. The average Bonchev–Trinajstić information content (AvgIpc) is 2.41. The number of hydrogen-bond donors (Lipinski definition) is 2. The molecule has 1 fully saturated rings. The summed E-state index contributed by atoms with van der Waals surface area (Å²) in [5, 5.41) is 12.2. The number of nitrogens with one attached hydrogen (secondary N) is 1. The fourth-order valence-corrected chi connectivity index (χ4v) is 2.37. The maximum atomic E-state index is 8.74. The molecule has 0 aliphatic carbocycles. The first kappa shape index (κ1) is 12.4. The van der Waals surface area contributed by atoms with E-state index in [-0.39, 0.29) is 6.61 Å². The lowest BCUT2D eigenvalue weighted by Crippen LogP contribution is -2.42. The van der Waals surface area contributed by atoms with Crippen molar-refractivity contribution in [1.29, 1.82) is 0 Å². The molecule has 0 unspecified atom stereocenters. The number of hydrogen-bond acceptors (Lipinski definition) is 3. The largest absolute Gasteiger partial charge is 0.396 e. The maximum absolute atomic E-state index is 8.74. The molecule has 0 bridgehead atoms. The van der Waals surface area contributed by atoms with Gasteiger partial charge in [-0.25, -0.2) is 0 Å². The normalized spacial score (nSPS) is 17.4. The zero-order chi connectivity index (χ0) is 11.9. The highest BCUT2D eigenvalue weighted by molar-refractivity contribution is 5.46. The van der Waals surface area contributed by atoms with Crippen LogP contribution in [0.4, 0.5) is 5.69 Å². The molecule has 0 radical (unpaired) electrons. The second-order valence-electron chi connectivity index (χ2n) is 4.63. The van der Waals surface area contributed by atoms with Crippen molar-refractivity contribution < 1.29 is 5.11 Å². The van der Waals surface area contributed by atoms with Gasteiger partial charge in [-0.05, 0) is 37.9 Å². The van der Waals surface area contributed by atoms with E-state index in [0.29, 0.717) is 6.04 Å². The Kier molecular flexibility index (Phi) is 4.83. The van der Waals surface area contributed by atoms with Gasteiger partial charge < -0.3 is 15.3 Å². The number of benzene rings is 1. The lowest BCUT2D eigenvalue weighted by Gasteiger charge is -2.34. The number of rotatable bonds is 5. The van der Waals surface area contributed by atoms with Crippen LogP contribution in [0, 0.1) is 0 Å². The number of aliphatic hydroxyl groups is 1. The second-order valence-corrected chi connectivity index (χ2v) is 4.63. The van der Waals surface area contributed by atoms with E-state index in [1.165, 1.54) is 18.5 Å². The molecule has 0 spiro atoms. The third-order valence-corrected chi connectivity index (χ3v) is 3.38. The van der Waals surface area contributed by atoms with Gasteiger partial charge in [-0.1, -0.05) is 18.2 Å². The van der Waals surface area contributed by atoms with Gasteiger partial charge in [0, 0.05) is 31.4 Å². The summed E-state index contributed by atoms with van der Waals surface area (Å²) in [7, 11) is 0. The quantitative estimate of drug-likeness (QED) is 0.760. The minimum absolute atomic E-state index is 0.288. The molecule has 3 heteroatoms. The first-order valence-electron chi connectivity index (χ1n) is 6.54. The monoisotopic (exact) mass is 234 g/mol. The standard InChI is InChI=1S/C14H22N2O/c17-12-4-9-15-13-7-10-16(11-8-13)14-5-2-1-3-6-14/h1-3,5-6,13,15,17H,4,7-12H2. The number of para-hydroxylation sites is 1. The molecule has 94 valence electrons. The second kappa shape index (κ2) is 6.62. The van der Waals surface area contributed by atoms with Gasteiger partial charge in [0.15, 0.2) is 0 Å². The van der Waals surface area contributed by atoms with E-state index in [1.807, 2.05) is 0 Å². The zero-order valence-electron chi connectivity index (χ0n) is 10.3. The van der Waals surface area contributed by atoms with Gasteiger partial charge in [-0.2, -0.15) is 0 Å². The lowest BCUT2D eigenvalue weighted by molar-refractivity contribution is 0.280. The van der Waals surface area contributed by atoms with Gasteiger partial charge in [0.2, 0.25) is 0 Å². The van der Waals surface area contributed by atoms with Crippen molar-refractivity contribution in [2.45, 2.75) is 25.3 Å². The fraction of sp³-hybridized carbons (Fsp3) is 0.571. The number of nitrogens with zero attached hydrogens (tertiary/aromatic N) is 1. The van der Waals surface area contributed by atoms with Gasteiger partial charge in [0.25, 0.3) is 0 Å². The number of aliphatic hydroxyl groups excluding tert-OH is 1. The predicted octanol–water partition coefficient (Wildman–Crippen LogP) is 1.63. The molecule has 0 atom stereocenters. The van der Waals surface area contributed by atoms with Crippen LogP contribution in [-0.2, 0) is 0 Å². The van der Waals surface area contributed by atoms with Gasteiger partial charge in [0.05, 0.1) is 0 Å². The topological polar surface area (TPSA) is 35.5 Å². The van der Waals surface area contributed by atoms with E-state index in [9.17, 15) is 0 Å². The summed E-state index contributed by atoms with van der Waals surface area (Å²) < 4.78 is 0. The highest BCUT2D eigenvalue weighted by Crippen LogP contribution is 2.19. The van der Waals surface area contributed by atoms with Gasteiger partial charge in [-0.15, -0.1) is 0 Å². The molecule has 2 N–H and O–H groups in total. The Morgan fingerprint density at radius 3 is 2.53 bits per heavy atom. The van der Waals surface area contributed by atoms with E-state index in [0.717, 1.165) is 26.1 Å². The van der Waals surface area contributed by atoms with Crippen molar-refractivity contribution in [2.24, 2.45) is 0 Å². The highest BCUT2D eigenvalue weighted by Gasteiger charge is 2.18. The molecule has 0 saturated carbocycles. The average molecular weight is 234 g/mol. The molecule has 1 aromatic carbocycles. The molecule has 1 saturated heterocycles. The molecule has 1 aliphatic rings. The summed E-state index contributed by atoms with van der Waals surface area (Å²) in [5.41, 5.74) is 1.33. The van der Waals surface area contributed by atoms with E-state index in [4.69, 9.17) is 5.11 Å². The Hall–Kier alpha value is -1.06. The summed E-state index contributed by atoms with van der Waals surface area (Å²) in [6.07, 6.45) is 3.25. The molecular weight excluding hydrogens is 212 g/mol. The van der Waals surface area contributed by atoms with Gasteiger partial charge >= 0.3 is 0 Å². The summed E-state index contributed by atoms with van der Waals surface area (Å²) >= 11 is 0. The summed E-state index contributed by atoms with van der Waals surface area (Å²) in [6.45, 7) is 3.48. The Morgan fingerprint density at radius 2 is 1.88 bits per heavy atom. The van der Waals surface area contributed by atoms with E-state index in [1.54, 1.807) is 0 Å². The van der Waals surface area contributed by atoms with Crippen LogP contribution in [-0.4, -0.2) is 37.4 Å². The molecule has 3 nitrogen and oxygen atoms in total. The molecule has 0 amide bonds. The third kappa shape index (κ3) is 3.72. The number of anilines is 1. The van der Waals surface area contributed by atoms with Crippen molar-refractivity contribution in [2.75, 3.05) is 31.1 Å². The van der Waals surface area contributed by atoms with Crippen LogP contribution in [0.5, 0.6) is 0 Å². The lowest BCUT2D eigenvalue weighted by atomic mass is 10.0. The molecular formula is C14H22N2O. The van der Waals surface area contributed by atoms with Crippen LogP contribution in [0.25, 0.3) is 0 Å². The summed E-state index contributed by atoms with van der Waals surface area (Å²) in [4.78, 5) is 2.45. The summed E-state index contributed by atoms with van der Waals surface area (Å²) in [6, 6.07) is 11.2. The van der Waals surface area contributed by atoms with Crippen LogP contribution in [0.2, 0.25) is 0 Å². The van der Waals surface area contributed by atoms with Crippen molar-refractivity contribution in [1.82, 2.24) is 5.32 Å². The molecule has 1 heterocycles. The van der Waals surface area contributed by atoms with Gasteiger partial charge in [-0.3, -0.25) is 0 Å². The third-order valence-electron chi connectivity index (χ3n) is 3.38. The van der Waals surface area contributed by atoms with Crippen LogP contribution in [0.15, 0.2) is 30.3 Å². The molecule has 0 aromatic heterocycles. The van der Waals surface area contributed by atoms with Crippen LogP contribution < -0.4 is 10.2 Å². The first-order valence-corrected chi connectivity index (χ1v) is 6.54. The Morgan fingerprint density at radius 1 is 1.18 bits per heavy atom. The SMILES string of the molecule is OCCCNC1CCN(c2ccccc2)CC1. The number of piperidine rings is 1.